The molecule has 2 atom stereocenters. The van der Waals surface area contributed by atoms with Gasteiger partial charge >= 0.3 is 5.97 Å². The van der Waals surface area contributed by atoms with Crippen LogP contribution in [0.4, 0.5) is 10.7 Å². The maximum absolute atomic E-state index is 14.4. The van der Waals surface area contributed by atoms with Gasteiger partial charge in [-0.3, -0.25) is 14.4 Å². The first-order chi connectivity index (χ1) is 28.3. The molecule has 2 unspecified atom stereocenters. The van der Waals surface area contributed by atoms with Crippen LogP contribution in [-0.2, 0) is 27.2 Å². The van der Waals surface area contributed by atoms with Gasteiger partial charge in [0.25, 0.3) is 11.8 Å². The highest BCUT2D eigenvalue weighted by Gasteiger charge is 2.32. The monoisotopic (exact) mass is 807 g/mol. The minimum atomic E-state index is -0.720. The quantitative estimate of drug-likeness (QED) is 0.0604. The first-order valence-electron chi connectivity index (χ1n) is 18.7. The zero-order chi connectivity index (χ0) is 40.4. The number of fused-ring (bicyclic) bond motifs is 1. The van der Waals surface area contributed by atoms with Crippen molar-refractivity contribution in [1.82, 2.24) is 5.32 Å². The van der Waals surface area contributed by atoms with Gasteiger partial charge in [-0.2, -0.15) is 0 Å². The number of thioether (sulfide) groups is 1. The number of nitrogens with one attached hydrogen (secondary N) is 3. The number of hydrogen-bond donors (Lipinski definition) is 3. The molecule has 1 aliphatic carbocycles. The molecule has 9 nitrogen and oxygen atoms in total. The lowest BCUT2D eigenvalue weighted by molar-refractivity contribution is -0.116. The van der Waals surface area contributed by atoms with Crippen molar-refractivity contribution in [2.75, 3.05) is 24.9 Å². The topological polar surface area (TPSA) is 123 Å². The molecule has 7 rings (SSSR count). The smallest absolute Gasteiger partial charge is 0.341 e. The zero-order valence-corrected chi connectivity index (χ0v) is 33.5. The summed E-state index contributed by atoms with van der Waals surface area (Å²) >= 11 is 2.75. The molecule has 0 saturated carbocycles. The van der Waals surface area contributed by atoms with E-state index in [0.29, 0.717) is 50.4 Å². The molecule has 0 bridgehead atoms. The van der Waals surface area contributed by atoms with Crippen molar-refractivity contribution in [3.63, 3.8) is 0 Å². The summed E-state index contributed by atoms with van der Waals surface area (Å²) in [5.41, 5.74) is 4.90. The molecule has 5 aromatic carbocycles. The number of benzene rings is 5. The van der Waals surface area contributed by atoms with E-state index in [-0.39, 0.29) is 11.6 Å². The Morgan fingerprint density at radius 2 is 1.50 bits per heavy atom. The van der Waals surface area contributed by atoms with E-state index in [4.69, 9.17) is 9.47 Å². The summed E-state index contributed by atoms with van der Waals surface area (Å²) in [6.45, 7) is 0. The van der Waals surface area contributed by atoms with E-state index in [9.17, 15) is 19.2 Å². The number of methoxy groups -OCH3 is 2. The van der Waals surface area contributed by atoms with Crippen LogP contribution in [0, 0.1) is 0 Å². The molecule has 0 saturated heterocycles. The van der Waals surface area contributed by atoms with Crippen LogP contribution in [0.15, 0.2) is 150 Å². The Balaban J connectivity index is 1.13. The lowest BCUT2D eigenvalue weighted by Gasteiger charge is -2.22. The fourth-order valence-electron chi connectivity index (χ4n) is 6.90. The minimum absolute atomic E-state index is 0.0249. The second-order valence-electron chi connectivity index (χ2n) is 13.6. The van der Waals surface area contributed by atoms with Crippen LogP contribution < -0.4 is 20.7 Å². The van der Waals surface area contributed by atoms with Gasteiger partial charge in [0.1, 0.15) is 21.7 Å². The second kappa shape index (κ2) is 18.7. The first kappa shape index (κ1) is 39.8. The van der Waals surface area contributed by atoms with Gasteiger partial charge in [-0.1, -0.05) is 97.1 Å². The van der Waals surface area contributed by atoms with Gasteiger partial charge in [0, 0.05) is 21.0 Å². The van der Waals surface area contributed by atoms with Crippen molar-refractivity contribution in [1.29, 1.82) is 0 Å². The summed E-state index contributed by atoms with van der Waals surface area (Å²) in [5, 5.41) is 8.56. The third kappa shape index (κ3) is 9.56. The third-order valence-electron chi connectivity index (χ3n) is 9.78. The van der Waals surface area contributed by atoms with Gasteiger partial charge in [-0.25, -0.2) is 4.79 Å². The Labute approximate surface area is 345 Å². The lowest BCUT2D eigenvalue weighted by atomic mass is 9.83. The highest BCUT2D eigenvalue weighted by Crippen LogP contribution is 2.44. The predicted molar refractivity (Wildman–Crippen MR) is 230 cm³/mol. The van der Waals surface area contributed by atoms with Crippen LogP contribution >= 0.6 is 23.1 Å². The van der Waals surface area contributed by atoms with Crippen molar-refractivity contribution in [2.24, 2.45) is 0 Å². The Morgan fingerprint density at radius 1 is 0.793 bits per heavy atom. The highest BCUT2D eigenvalue weighted by molar-refractivity contribution is 8.00. The molecule has 6 aromatic rings. The molecule has 1 aliphatic rings. The summed E-state index contributed by atoms with van der Waals surface area (Å²) in [6.07, 6.45) is 3.94. The standard InChI is InChI=1S/C47H41N3O6S2/c1-55-36-22-12-14-30(26-36)27-39(49-43(51)33-19-10-5-11-20-33)44(52)48-35-21-13-23-37(29-35)57-42(32-17-8-4-9-18-32)45(53)50-46-41(47(54)56-2)38-25-24-34(28-40(38)58-46)31-15-6-3-7-16-31/h3-23,26-27,29,34,42H,24-25,28H2,1-2H3,(H,48,52)(H,49,51)(H,50,53)/b39-27-. The molecule has 292 valence electrons. The van der Waals surface area contributed by atoms with Crippen LogP contribution in [0.2, 0.25) is 0 Å². The maximum atomic E-state index is 14.4. The molecule has 58 heavy (non-hydrogen) atoms. The Hall–Kier alpha value is -6.43. The molecule has 3 amide bonds. The number of ether oxygens (including phenoxy) is 2. The minimum Gasteiger partial charge on any atom is -0.497 e. The second-order valence-corrected chi connectivity index (χ2v) is 15.9. The van der Waals surface area contributed by atoms with Crippen molar-refractivity contribution in [3.05, 3.63) is 183 Å². The van der Waals surface area contributed by atoms with Gasteiger partial charge in [0.2, 0.25) is 5.91 Å². The number of anilines is 2. The van der Waals surface area contributed by atoms with Crippen LogP contribution in [0.1, 0.15) is 65.4 Å². The van der Waals surface area contributed by atoms with E-state index >= 15 is 0 Å². The number of esters is 1. The van der Waals surface area contributed by atoms with Gasteiger partial charge in [-0.05, 0) is 96.0 Å². The van der Waals surface area contributed by atoms with Crippen molar-refractivity contribution >= 4 is 63.6 Å². The number of thiophene rings is 1. The molecule has 1 aromatic heterocycles. The Bertz CT molecular complexity index is 2450. The summed E-state index contributed by atoms with van der Waals surface area (Å²) in [4.78, 5) is 56.5. The van der Waals surface area contributed by atoms with Gasteiger partial charge < -0.3 is 25.4 Å². The number of amides is 3. The summed E-state index contributed by atoms with van der Waals surface area (Å²) in [5.74, 6) is -0.849. The molecule has 0 radical (unpaired) electrons. The summed E-state index contributed by atoms with van der Waals surface area (Å²) in [6, 6.07) is 42.7. The van der Waals surface area contributed by atoms with Crippen LogP contribution in [0.5, 0.6) is 5.75 Å². The molecular formula is C47H41N3O6S2. The van der Waals surface area contributed by atoms with E-state index in [0.717, 1.165) is 28.8 Å². The third-order valence-corrected chi connectivity index (χ3v) is 12.2. The van der Waals surface area contributed by atoms with Crippen molar-refractivity contribution in [3.8, 4) is 5.75 Å². The predicted octanol–water partition coefficient (Wildman–Crippen LogP) is 9.70. The van der Waals surface area contributed by atoms with E-state index < -0.39 is 23.0 Å². The van der Waals surface area contributed by atoms with Crippen molar-refractivity contribution in [2.45, 2.75) is 35.3 Å². The Morgan fingerprint density at radius 3 is 2.22 bits per heavy atom. The van der Waals surface area contributed by atoms with Crippen LogP contribution in [0.3, 0.4) is 0 Å². The largest absolute Gasteiger partial charge is 0.497 e. The van der Waals surface area contributed by atoms with Gasteiger partial charge in [-0.15, -0.1) is 23.1 Å². The first-order valence-corrected chi connectivity index (χ1v) is 20.4. The average molecular weight is 808 g/mol. The van der Waals surface area contributed by atoms with Gasteiger partial charge in [0.05, 0.1) is 19.8 Å². The SMILES string of the molecule is COC(=O)c1c(NC(=O)C(Sc2cccc(NC(=O)/C(=C/c3cccc(OC)c3)NC(=O)c3ccccc3)c2)c2ccccc2)sc2c1CCC(c1ccccc1)C2. The van der Waals surface area contributed by atoms with Crippen molar-refractivity contribution < 1.29 is 28.7 Å². The van der Waals surface area contributed by atoms with E-state index in [1.807, 2.05) is 60.7 Å². The number of hydrogen-bond acceptors (Lipinski definition) is 8. The zero-order valence-electron chi connectivity index (χ0n) is 31.9. The summed E-state index contributed by atoms with van der Waals surface area (Å²) in [7, 11) is 2.91. The normalized spacial score (nSPS) is 14.0. The summed E-state index contributed by atoms with van der Waals surface area (Å²) < 4.78 is 10.6. The lowest BCUT2D eigenvalue weighted by Crippen LogP contribution is -2.30. The average Bonchev–Trinajstić information content (AvgIpc) is 3.63. The molecule has 3 N–H and O–H groups in total. The molecule has 11 heteroatoms. The fourth-order valence-corrected chi connectivity index (χ4v) is 9.30. The fraction of sp³-hybridized carbons (Fsp3) is 0.149. The molecule has 0 aliphatic heterocycles. The molecule has 0 fully saturated rings. The van der Waals surface area contributed by atoms with E-state index in [1.54, 1.807) is 79.9 Å². The number of carbonyl (C=O) groups excluding carboxylic acids is 4. The molecule has 0 spiro atoms. The Kier molecular flexibility index (Phi) is 12.8. The highest BCUT2D eigenvalue weighted by atomic mass is 32.2. The molecular weight excluding hydrogens is 767 g/mol. The van der Waals surface area contributed by atoms with Gasteiger partial charge in [0.15, 0.2) is 0 Å². The van der Waals surface area contributed by atoms with Crippen LogP contribution in [-0.4, -0.2) is 37.9 Å². The van der Waals surface area contributed by atoms with E-state index in [2.05, 4.69) is 28.1 Å². The van der Waals surface area contributed by atoms with Crippen LogP contribution in [0.25, 0.3) is 6.08 Å². The number of carbonyl (C=O) groups is 4. The number of rotatable bonds is 13. The maximum Gasteiger partial charge on any atom is 0.341 e. The van der Waals surface area contributed by atoms with E-state index in [1.165, 1.54) is 35.8 Å². The molecule has 1 heterocycles.